The molecule has 2 aliphatic rings. The Balaban J connectivity index is 1.91. The molecule has 0 radical (unpaired) electrons. The van der Waals surface area contributed by atoms with Crippen LogP contribution in [0, 0.1) is 18.3 Å². The molecule has 4 rings (SSSR count). The van der Waals surface area contributed by atoms with Crippen LogP contribution in [0.5, 0.6) is 11.6 Å². The van der Waals surface area contributed by atoms with Crippen molar-refractivity contribution in [2.45, 2.75) is 26.2 Å². The van der Waals surface area contributed by atoms with Gasteiger partial charge in [0.25, 0.3) is 0 Å². The number of hydrogen-bond donors (Lipinski definition) is 2. The molecule has 32 heavy (non-hydrogen) atoms. The van der Waals surface area contributed by atoms with E-state index in [1.807, 2.05) is 26.0 Å². The topological polar surface area (TPSA) is 110 Å². The van der Waals surface area contributed by atoms with Crippen molar-refractivity contribution in [3.8, 4) is 17.7 Å². The normalized spacial score (nSPS) is 16.7. The van der Waals surface area contributed by atoms with E-state index in [2.05, 4.69) is 22.4 Å². The van der Waals surface area contributed by atoms with Gasteiger partial charge in [0.1, 0.15) is 12.4 Å². The van der Waals surface area contributed by atoms with Gasteiger partial charge < -0.3 is 20.5 Å². The number of pyridine rings is 1. The highest BCUT2D eigenvalue weighted by Gasteiger charge is 2.37. The highest BCUT2D eigenvalue weighted by molar-refractivity contribution is 5.98. The lowest BCUT2D eigenvalue weighted by molar-refractivity contribution is -0.114. The predicted molar refractivity (Wildman–Crippen MR) is 121 cm³/mol. The number of nitrogens with one attached hydrogen (secondary N) is 1. The number of aromatic nitrogens is 1. The maximum Gasteiger partial charge on any atom is 0.247 e. The fourth-order valence-corrected chi connectivity index (χ4v) is 4.19. The zero-order chi connectivity index (χ0) is 22.8. The summed E-state index contributed by atoms with van der Waals surface area (Å²) in [6.45, 7) is 4.16. The summed E-state index contributed by atoms with van der Waals surface area (Å²) in [5, 5.41) is 12.6. The van der Waals surface area contributed by atoms with E-state index in [4.69, 9.17) is 15.2 Å². The summed E-state index contributed by atoms with van der Waals surface area (Å²) in [6.07, 6.45) is 8.68. The van der Waals surface area contributed by atoms with Crippen LogP contribution in [0.25, 0.3) is 0 Å². The number of aryl methyl sites for hydroxylation is 1. The van der Waals surface area contributed by atoms with E-state index in [0.29, 0.717) is 40.6 Å². The Kier molecular flexibility index (Phi) is 5.69. The average Bonchev–Trinajstić information content (AvgIpc) is 3.31. The van der Waals surface area contributed by atoms with Gasteiger partial charge >= 0.3 is 0 Å². The standard InChI is InChI=1S/C25H24N4O3/c1-14-12-28-25(32-13-16-6-4-5-7-16)22-21(20(24(27)30)15(2)29-23(14)22)18-9-8-17(11-26)10-19(18)31-3/h4-6,8-10,12,21,29H,7,13H2,1-3H3,(H2,27,30)/t21-/m0/s1. The van der Waals surface area contributed by atoms with Gasteiger partial charge in [0, 0.05) is 23.0 Å². The Morgan fingerprint density at radius 1 is 1.38 bits per heavy atom. The quantitative estimate of drug-likeness (QED) is 0.723. The second-order valence-electron chi connectivity index (χ2n) is 7.81. The number of nitrogens with two attached hydrogens (primary N) is 1. The van der Waals surface area contributed by atoms with Crippen LogP contribution < -0.4 is 20.5 Å². The largest absolute Gasteiger partial charge is 0.496 e. The van der Waals surface area contributed by atoms with E-state index in [1.165, 1.54) is 7.11 Å². The number of carbonyl (C=O) groups is 1. The Morgan fingerprint density at radius 3 is 2.84 bits per heavy atom. The van der Waals surface area contributed by atoms with Crippen LogP contribution in [0.15, 0.2) is 59.5 Å². The number of rotatable bonds is 6. The van der Waals surface area contributed by atoms with Crippen molar-refractivity contribution in [3.05, 3.63) is 81.7 Å². The van der Waals surface area contributed by atoms with E-state index in [9.17, 15) is 10.1 Å². The third-order valence-electron chi connectivity index (χ3n) is 5.74. The number of methoxy groups -OCH3 is 1. The van der Waals surface area contributed by atoms with Crippen molar-refractivity contribution in [2.24, 2.45) is 5.73 Å². The number of benzene rings is 1. The SMILES string of the molecule is COc1cc(C#N)ccc1[C@H]1C(C(N)=O)=C(C)Nc2c(C)cnc(OCC3=CC=CC3)c21. The van der Waals surface area contributed by atoms with Gasteiger partial charge in [0.05, 0.1) is 35.9 Å². The molecule has 1 atom stereocenters. The van der Waals surface area contributed by atoms with E-state index in [-0.39, 0.29) is 0 Å². The third-order valence-corrected chi connectivity index (χ3v) is 5.74. The van der Waals surface area contributed by atoms with Crippen LogP contribution in [-0.4, -0.2) is 24.6 Å². The molecule has 0 unspecified atom stereocenters. The van der Waals surface area contributed by atoms with E-state index < -0.39 is 11.8 Å². The first-order valence-corrected chi connectivity index (χ1v) is 10.3. The van der Waals surface area contributed by atoms with Crippen molar-refractivity contribution < 1.29 is 14.3 Å². The Hall–Kier alpha value is -4.05. The Bertz CT molecular complexity index is 1230. The number of carbonyl (C=O) groups excluding carboxylic acids is 1. The first kappa shape index (κ1) is 21.2. The first-order chi connectivity index (χ1) is 15.4. The number of nitrogens with zero attached hydrogens (tertiary/aromatic N) is 2. The highest BCUT2D eigenvalue weighted by Crippen LogP contribution is 2.48. The van der Waals surface area contributed by atoms with Crippen LogP contribution in [-0.2, 0) is 4.79 Å². The number of nitriles is 1. The molecular weight excluding hydrogens is 404 g/mol. The molecule has 162 valence electrons. The van der Waals surface area contributed by atoms with E-state index in [0.717, 1.165) is 28.8 Å². The molecule has 0 spiro atoms. The molecule has 2 heterocycles. The second kappa shape index (κ2) is 8.60. The highest BCUT2D eigenvalue weighted by atomic mass is 16.5. The molecule has 1 aromatic heterocycles. The van der Waals surface area contributed by atoms with Gasteiger partial charge in [-0.25, -0.2) is 4.98 Å². The number of primary amides is 1. The van der Waals surface area contributed by atoms with Crippen LogP contribution in [0.3, 0.4) is 0 Å². The van der Waals surface area contributed by atoms with Crippen molar-refractivity contribution >= 4 is 11.6 Å². The molecule has 0 bridgehead atoms. The first-order valence-electron chi connectivity index (χ1n) is 10.3. The lowest BCUT2D eigenvalue weighted by Gasteiger charge is -2.32. The minimum Gasteiger partial charge on any atom is -0.496 e. The van der Waals surface area contributed by atoms with Gasteiger partial charge in [-0.2, -0.15) is 5.26 Å². The number of anilines is 1. The molecule has 0 saturated heterocycles. The monoisotopic (exact) mass is 428 g/mol. The van der Waals surface area contributed by atoms with Crippen molar-refractivity contribution in [2.75, 3.05) is 19.0 Å². The minimum atomic E-state index is -0.565. The zero-order valence-electron chi connectivity index (χ0n) is 18.2. The zero-order valence-corrected chi connectivity index (χ0v) is 18.2. The van der Waals surface area contributed by atoms with E-state index in [1.54, 1.807) is 24.4 Å². The Labute approximate surface area is 186 Å². The molecule has 7 nitrogen and oxygen atoms in total. The van der Waals surface area contributed by atoms with Crippen molar-refractivity contribution in [3.63, 3.8) is 0 Å². The molecular formula is C25H24N4O3. The van der Waals surface area contributed by atoms with Crippen LogP contribution in [0.4, 0.5) is 5.69 Å². The molecule has 1 aliphatic heterocycles. The van der Waals surface area contributed by atoms with Gasteiger partial charge in [-0.1, -0.05) is 24.3 Å². The Morgan fingerprint density at radius 2 is 2.19 bits per heavy atom. The van der Waals surface area contributed by atoms with Crippen LogP contribution in [0.2, 0.25) is 0 Å². The summed E-state index contributed by atoms with van der Waals surface area (Å²) in [6, 6.07) is 7.27. The maximum atomic E-state index is 12.6. The number of fused-ring (bicyclic) bond motifs is 1. The predicted octanol–water partition coefficient (Wildman–Crippen LogP) is 3.85. The molecule has 7 heteroatoms. The fourth-order valence-electron chi connectivity index (χ4n) is 4.19. The summed E-state index contributed by atoms with van der Waals surface area (Å²) < 4.78 is 11.8. The van der Waals surface area contributed by atoms with Gasteiger partial charge in [-0.3, -0.25) is 4.79 Å². The van der Waals surface area contributed by atoms with Gasteiger partial charge in [0.15, 0.2) is 0 Å². The lowest BCUT2D eigenvalue weighted by Crippen LogP contribution is -2.28. The number of ether oxygens (including phenoxy) is 2. The average molecular weight is 428 g/mol. The van der Waals surface area contributed by atoms with Crippen LogP contribution >= 0.6 is 0 Å². The number of amides is 1. The smallest absolute Gasteiger partial charge is 0.247 e. The molecule has 1 aliphatic carbocycles. The minimum absolute atomic E-state index is 0.390. The van der Waals surface area contributed by atoms with Crippen LogP contribution in [0.1, 0.15) is 41.5 Å². The number of allylic oxidation sites excluding steroid dienone is 4. The molecule has 2 aromatic rings. The summed E-state index contributed by atoms with van der Waals surface area (Å²) >= 11 is 0. The second-order valence-corrected chi connectivity index (χ2v) is 7.81. The number of hydrogen-bond acceptors (Lipinski definition) is 6. The lowest BCUT2D eigenvalue weighted by atomic mass is 9.79. The maximum absolute atomic E-state index is 12.6. The van der Waals surface area contributed by atoms with Gasteiger partial charge in [-0.15, -0.1) is 0 Å². The molecule has 0 saturated carbocycles. The van der Waals surface area contributed by atoms with E-state index >= 15 is 0 Å². The molecule has 1 aromatic carbocycles. The fraction of sp³-hybridized carbons (Fsp3) is 0.240. The summed E-state index contributed by atoms with van der Waals surface area (Å²) in [7, 11) is 1.54. The molecule has 1 amide bonds. The van der Waals surface area contributed by atoms with Gasteiger partial charge in [0.2, 0.25) is 11.8 Å². The summed E-state index contributed by atoms with van der Waals surface area (Å²) in [5.41, 5.74) is 11.7. The van der Waals surface area contributed by atoms with Crippen molar-refractivity contribution in [1.29, 1.82) is 5.26 Å². The molecule has 3 N–H and O–H groups in total. The van der Waals surface area contributed by atoms with Crippen molar-refractivity contribution in [1.82, 2.24) is 4.98 Å². The van der Waals surface area contributed by atoms with Gasteiger partial charge in [-0.05, 0) is 43.5 Å². The summed E-state index contributed by atoms with van der Waals surface area (Å²) in [5.74, 6) is -0.200. The third kappa shape index (κ3) is 3.71. The summed E-state index contributed by atoms with van der Waals surface area (Å²) in [4.78, 5) is 17.2. The molecule has 0 fully saturated rings.